The summed E-state index contributed by atoms with van der Waals surface area (Å²) in [5.74, 6) is -0.192. The van der Waals surface area contributed by atoms with E-state index in [1.165, 1.54) is 12.0 Å². The monoisotopic (exact) mass is 284 g/mol. The van der Waals surface area contributed by atoms with Gasteiger partial charge in [0.2, 0.25) is 0 Å². The molecule has 2 unspecified atom stereocenters. The number of rotatable bonds is 4. The van der Waals surface area contributed by atoms with E-state index in [9.17, 15) is 4.39 Å². The second kappa shape index (κ2) is 6.37. The molecule has 3 rings (SSSR count). The van der Waals surface area contributed by atoms with Crippen molar-refractivity contribution < 1.29 is 4.39 Å². The second-order valence-corrected chi connectivity index (χ2v) is 5.63. The summed E-state index contributed by atoms with van der Waals surface area (Å²) in [6.45, 7) is 1.71. The van der Waals surface area contributed by atoms with E-state index in [2.05, 4.69) is 29.2 Å². The molecule has 1 fully saturated rings. The van der Waals surface area contributed by atoms with Crippen LogP contribution >= 0.6 is 0 Å². The van der Waals surface area contributed by atoms with E-state index in [4.69, 9.17) is 5.73 Å². The second-order valence-electron chi connectivity index (χ2n) is 5.63. The summed E-state index contributed by atoms with van der Waals surface area (Å²) in [6, 6.07) is 17.8. The van der Waals surface area contributed by atoms with Crippen LogP contribution in [0.1, 0.15) is 30.0 Å². The Morgan fingerprint density at radius 2 is 1.71 bits per heavy atom. The lowest BCUT2D eigenvalue weighted by Gasteiger charge is -2.33. The van der Waals surface area contributed by atoms with Gasteiger partial charge in [-0.1, -0.05) is 42.5 Å². The molecule has 1 aliphatic rings. The van der Waals surface area contributed by atoms with Gasteiger partial charge in [-0.3, -0.25) is 4.90 Å². The Balaban J connectivity index is 2.00. The van der Waals surface area contributed by atoms with Crippen molar-refractivity contribution in [3.05, 3.63) is 71.5 Å². The molecule has 21 heavy (non-hydrogen) atoms. The Morgan fingerprint density at radius 1 is 1.05 bits per heavy atom. The number of hydrogen-bond acceptors (Lipinski definition) is 2. The predicted molar refractivity (Wildman–Crippen MR) is 83.5 cm³/mol. The van der Waals surface area contributed by atoms with Gasteiger partial charge in [0.1, 0.15) is 5.82 Å². The van der Waals surface area contributed by atoms with E-state index in [0.717, 1.165) is 18.5 Å². The number of likely N-dealkylation sites (tertiary alicyclic amines) is 1. The molecule has 1 heterocycles. The molecule has 2 N–H and O–H groups in total. The summed E-state index contributed by atoms with van der Waals surface area (Å²) in [5.41, 5.74) is 8.31. The molecule has 2 atom stereocenters. The van der Waals surface area contributed by atoms with E-state index in [1.807, 2.05) is 18.2 Å². The molecule has 0 bridgehead atoms. The highest BCUT2D eigenvalue weighted by molar-refractivity contribution is 5.32. The molecule has 0 amide bonds. The lowest BCUT2D eigenvalue weighted by atomic mass is 9.96. The smallest absolute Gasteiger partial charge is 0.123 e. The van der Waals surface area contributed by atoms with Gasteiger partial charge in [0.05, 0.1) is 6.04 Å². The van der Waals surface area contributed by atoms with Crippen LogP contribution in [0, 0.1) is 5.82 Å². The van der Waals surface area contributed by atoms with Crippen molar-refractivity contribution in [3.8, 4) is 0 Å². The van der Waals surface area contributed by atoms with Crippen molar-refractivity contribution in [1.82, 2.24) is 4.90 Å². The van der Waals surface area contributed by atoms with Gasteiger partial charge in [0, 0.05) is 12.6 Å². The van der Waals surface area contributed by atoms with Crippen LogP contribution in [0.15, 0.2) is 54.6 Å². The molecule has 0 aliphatic carbocycles. The largest absolute Gasteiger partial charge is 0.329 e. The van der Waals surface area contributed by atoms with E-state index < -0.39 is 0 Å². The zero-order chi connectivity index (χ0) is 14.7. The molecule has 0 spiro atoms. The van der Waals surface area contributed by atoms with E-state index in [-0.39, 0.29) is 11.9 Å². The molecular formula is C18H21FN2. The molecule has 110 valence electrons. The zero-order valence-corrected chi connectivity index (χ0v) is 12.1. The van der Waals surface area contributed by atoms with Crippen LogP contribution in [-0.2, 0) is 0 Å². The number of nitrogens with two attached hydrogens (primary N) is 1. The first kappa shape index (κ1) is 14.2. The van der Waals surface area contributed by atoms with Crippen molar-refractivity contribution in [1.29, 1.82) is 0 Å². The van der Waals surface area contributed by atoms with Crippen LogP contribution in [0.2, 0.25) is 0 Å². The van der Waals surface area contributed by atoms with Gasteiger partial charge in [0.25, 0.3) is 0 Å². The molecule has 1 aliphatic heterocycles. The number of benzene rings is 2. The van der Waals surface area contributed by atoms with Crippen LogP contribution in [0.4, 0.5) is 4.39 Å². The highest BCUT2D eigenvalue weighted by Gasteiger charge is 2.31. The first-order chi connectivity index (χ1) is 10.3. The highest BCUT2D eigenvalue weighted by atomic mass is 19.1. The fourth-order valence-electron chi connectivity index (χ4n) is 3.31. The summed E-state index contributed by atoms with van der Waals surface area (Å²) < 4.78 is 13.2. The van der Waals surface area contributed by atoms with Gasteiger partial charge in [-0.05, 0) is 42.6 Å². The lowest BCUT2D eigenvalue weighted by Crippen LogP contribution is -2.38. The summed E-state index contributed by atoms with van der Waals surface area (Å²) in [7, 11) is 0. The van der Waals surface area contributed by atoms with Crippen LogP contribution in [0.3, 0.4) is 0 Å². The van der Waals surface area contributed by atoms with Gasteiger partial charge in [-0.2, -0.15) is 0 Å². The van der Waals surface area contributed by atoms with Crippen molar-refractivity contribution in [3.63, 3.8) is 0 Å². The van der Waals surface area contributed by atoms with E-state index >= 15 is 0 Å². The molecule has 2 nitrogen and oxygen atoms in total. The van der Waals surface area contributed by atoms with Crippen molar-refractivity contribution in [2.45, 2.75) is 24.9 Å². The first-order valence-corrected chi connectivity index (χ1v) is 7.56. The molecule has 1 saturated heterocycles. The Morgan fingerprint density at radius 3 is 2.38 bits per heavy atom. The summed E-state index contributed by atoms with van der Waals surface area (Å²) in [4.78, 5) is 2.46. The molecule has 0 radical (unpaired) electrons. The lowest BCUT2D eigenvalue weighted by molar-refractivity contribution is 0.211. The molecule has 2 aromatic carbocycles. The minimum Gasteiger partial charge on any atom is -0.329 e. The predicted octanol–water partition coefficient (Wildman–Crippen LogP) is 3.34. The van der Waals surface area contributed by atoms with E-state index in [1.54, 1.807) is 12.1 Å². The Bertz CT molecular complexity index is 568. The van der Waals surface area contributed by atoms with Crippen LogP contribution in [0.25, 0.3) is 0 Å². The van der Waals surface area contributed by atoms with Crippen LogP contribution in [-0.4, -0.2) is 24.0 Å². The fourth-order valence-corrected chi connectivity index (χ4v) is 3.31. The number of halogens is 1. The molecular weight excluding hydrogens is 263 g/mol. The normalized spacial score (nSPS) is 20.6. The Kier molecular flexibility index (Phi) is 4.32. The minimum atomic E-state index is -0.192. The first-order valence-electron chi connectivity index (χ1n) is 7.56. The van der Waals surface area contributed by atoms with Gasteiger partial charge in [-0.15, -0.1) is 0 Å². The highest BCUT2D eigenvalue weighted by Crippen LogP contribution is 2.34. The average Bonchev–Trinajstić information content (AvgIpc) is 2.99. The van der Waals surface area contributed by atoms with E-state index in [0.29, 0.717) is 12.6 Å². The quantitative estimate of drug-likeness (QED) is 0.933. The third kappa shape index (κ3) is 2.99. The molecule has 0 saturated carbocycles. The standard InChI is InChI=1S/C18H21FN2/c19-16-10-8-15(9-11-16)18(14-5-2-1-3-6-14)21-12-4-7-17(21)13-20/h1-3,5-6,8-11,17-18H,4,7,12-13,20H2. The number of hydrogen-bond donors (Lipinski definition) is 1. The van der Waals surface area contributed by atoms with Crippen LogP contribution in [0.5, 0.6) is 0 Å². The minimum absolute atomic E-state index is 0.155. The third-order valence-electron chi connectivity index (χ3n) is 4.33. The van der Waals surface area contributed by atoms with Crippen LogP contribution < -0.4 is 5.73 Å². The van der Waals surface area contributed by atoms with Crippen molar-refractivity contribution >= 4 is 0 Å². The maximum absolute atomic E-state index is 13.2. The van der Waals surface area contributed by atoms with Gasteiger partial charge in [-0.25, -0.2) is 4.39 Å². The molecule has 0 aromatic heterocycles. The average molecular weight is 284 g/mol. The SMILES string of the molecule is NCC1CCCN1C(c1ccccc1)c1ccc(F)cc1. The Labute approximate surface area is 125 Å². The fraction of sp³-hybridized carbons (Fsp3) is 0.333. The Hall–Kier alpha value is -1.71. The summed E-state index contributed by atoms with van der Waals surface area (Å²) >= 11 is 0. The molecule has 2 aromatic rings. The van der Waals surface area contributed by atoms with Crippen molar-refractivity contribution in [2.75, 3.05) is 13.1 Å². The maximum atomic E-state index is 13.2. The zero-order valence-electron chi connectivity index (χ0n) is 12.1. The molecule has 3 heteroatoms. The third-order valence-corrected chi connectivity index (χ3v) is 4.33. The summed E-state index contributed by atoms with van der Waals surface area (Å²) in [6.07, 6.45) is 2.31. The maximum Gasteiger partial charge on any atom is 0.123 e. The van der Waals surface area contributed by atoms with Gasteiger partial charge in [0.15, 0.2) is 0 Å². The number of nitrogens with zero attached hydrogens (tertiary/aromatic N) is 1. The van der Waals surface area contributed by atoms with Crippen molar-refractivity contribution in [2.24, 2.45) is 5.73 Å². The van der Waals surface area contributed by atoms with Gasteiger partial charge >= 0.3 is 0 Å². The topological polar surface area (TPSA) is 29.3 Å². The van der Waals surface area contributed by atoms with Gasteiger partial charge < -0.3 is 5.73 Å². The summed E-state index contributed by atoms with van der Waals surface area (Å²) in [5, 5.41) is 0.